The van der Waals surface area contributed by atoms with Gasteiger partial charge in [0.2, 0.25) is 5.91 Å². The second-order valence-electron chi connectivity index (χ2n) is 4.44. The van der Waals surface area contributed by atoms with Gasteiger partial charge >= 0.3 is 5.97 Å². The van der Waals surface area contributed by atoms with Crippen molar-refractivity contribution in [1.29, 1.82) is 0 Å². The lowest BCUT2D eigenvalue weighted by Crippen LogP contribution is -2.26. The van der Waals surface area contributed by atoms with Crippen molar-refractivity contribution in [3.63, 3.8) is 0 Å². The van der Waals surface area contributed by atoms with Gasteiger partial charge < -0.3 is 14.8 Å². The summed E-state index contributed by atoms with van der Waals surface area (Å²) in [7, 11) is 0. The van der Waals surface area contributed by atoms with Gasteiger partial charge in [-0.05, 0) is 31.4 Å². The smallest absolute Gasteiger partial charge is 0.339 e. The van der Waals surface area contributed by atoms with Crippen LogP contribution in [0.5, 0.6) is 0 Å². The molecule has 2 aromatic heterocycles. The fraction of sp³-hybridized carbons (Fsp3) is 0.286. The summed E-state index contributed by atoms with van der Waals surface area (Å²) in [6.45, 7) is 3.60. The van der Waals surface area contributed by atoms with E-state index in [9.17, 15) is 9.59 Å². The number of carboxylic acid groups (broad SMARTS) is 1. The predicted molar refractivity (Wildman–Crippen MR) is 75.0 cm³/mol. The highest BCUT2D eigenvalue weighted by Gasteiger charge is 2.18. The minimum Gasteiger partial charge on any atom is -0.478 e. The average molecular weight is 293 g/mol. The predicted octanol–water partition coefficient (Wildman–Crippen LogP) is 2.77. The lowest BCUT2D eigenvalue weighted by molar-refractivity contribution is -0.122. The molecule has 2 aromatic rings. The zero-order valence-electron chi connectivity index (χ0n) is 11.2. The van der Waals surface area contributed by atoms with E-state index in [-0.39, 0.29) is 23.9 Å². The van der Waals surface area contributed by atoms with Crippen molar-refractivity contribution in [2.75, 3.05) is 0 Å². The van der Waals surface area contributed by atoms with Gasteiger partial charge in [0, 0.05) is 4.88 Å². The molecule has 106 valence electrons. The van der Waals surface area contributed by atoms with E-state index in [4.69, 9.17) is 9.52 Å². The molecule has 0 radical (unpaired) electrons. The van der Waals surface area contributed by atoms with Gasteiger partial charge in [-0.15, -0.1) is 11.3 Å². The van der Waals surface area contributed by atoms with E-state index in [1.807, 2.05) is 24.4 Å². The van der Waals surface area contributed by atoms with Gasteiger partial charge in [-0.3, -0.25) is 4.79 Å². The highest BCUT2D eigenvalue weighted by molar-refractivity contribution is 7.10. The zero-order chi connectivity index (χ0) is 14.7. The van der Waals surface area contributed by atoms with Crippen LogP contribution >= 0.6 is 11.3 Å². The maximum absolute atomic E-state index is 12.0. The topological polar surface area (TPSA) is 79.5 Å². The number of carboxylic acids is 1. The van der Waals surface area contributed by atoms with Crippen LogP contribution in [-0.2, 0) is 11.3 Å². The van der Waals surface area contributed by atoms with Crippen LogP contribution in [0.4, 0.5) is 0 Å². The first-order chi connectivity index (χ1) is 9.49. The van der Waals surface area contributed by atoms with Crippen molar-refractivity contribution in [3.8, 4) is 0 Å². The SMILES string of the molecule is Cc1oc(CNC(=O)C(C)c2cccs2)cc1C(=O)O. The Labute approximate surface area is 120 Å². The molecule has 2 heterocycles. The third kappa shape index (κ3) is 3.08. The van der Waals surface area contributed by atoms with Gasteiger partial charge in [-0.25, -0.2) is 4.79 Å². The average Bonchev–Trinajstić information content (AvgIpc) is 3.04. The third-order valence-corrected chi connectivity index (χ3v) is 4.05. The number of hydrogen-bond acceptors (Lipinski definition) is 4. The van der Waals surface area contributed by atoms with Gasteiger partial charge in [0.15, 0.2) is 0 Å². The molecule has 0 spiro atoms. The summed E-state index contributed by atoms with van der Waals surface area (Å²) in [6.07, 6.45) is 0. The first kappa shape index (κ1) is 14.3. The highest BCUT2D eigenvalue weighted by atomic mass is 32.1. The van der Waals surface area contributed by atoms with Crippen LogP contribution in [0.3, 0.4) is 0 Å². The van der Waals surface area contributed by atoms with Gasteiger partial charge in [0.1, 0.15) is 17.1 Å². The maximum Gasteiger partial charge on any atom is 0.339 e. The van der Waals surface area contributed by atoms with E-state index >= 15 is 0 Å². The van der Waals surface area contributed by atoms with Crippen molar-refractivity contribution < 1.29 is 19.1 Å². The Hall–Kier alpha value is -2.08. The van der Waals surface area contributed by atoms with Crippen molar-refractivity contribution in [1.82, 2.24) is 5.32 Å². The molecule has 5 nitrogen and oxygen atoms in total. The lowest BCUT2D eigenvalue weighted by atomic mass is 10.1. The normalized spacial score (nSPS) is 12.1. The standard InChI is InChI=1S/C14H15NO4S/c1-8(12-4-3-5-20-12)13(16)15-7-10-6-11(14(17)18)9(2)19-10/h3-6,8H,7H2,1-2H3,(H,15,16)(H,17,18). The van der Waals surface area contributed by atoms with E-state index in [0.29, 0.717) is 11.5 Å². The summed E-state index contributed by atoms with van der Waals surface area (Å²) in [5, 5.41) is 13.6. The third-order valence-electron chi connectivity index (χ3n) is 3.00. The van der Waals surface area contributed by atoms with Gasteiger partial charge in [0.25, 0.3) is 0 Å². The molecule has 0 fully saturated rings. The summed E-state index contributed by atoms with van der Waals surface area (Å²) in [4.78, 5) is 23.9. The van der Waals surface area contributed by atoms with Gasteiger partial charge in [-0.2, -0.15) is 0 Å². The fourth-order valence-electron chi connectivity index (χ4n) is 1.84. The summed E-state index contributed by atoms with van der Waals surface area (Å²) >= 11 is 1.53. The van der Waals surface area contributed by atoms with Crippen LogP contribution in [0.2, 0.25) is 0 Å². The quantitative estimate of drug-likeness (QED) is 0.888. The Morgan fingerprint density at radius 2 is 2.25 bits per heavy atom. The number of thiophene rings is 1. The number of furan rings is 1. The van der Waals surface area contributed by atoms with Gasteiger partial charge in [-0.1, -0.05) is 6.07 Å². The Kier molecular flexibility index (Phi) is 4.24. The lowest BCUT2D eigenvalue weighted by Gasteiger charge is -2.09. The van der Waals surface area contributed by atoms with Crippen LogP contribution in [-0.4, -0.2) is 17.0 Å². The van der Waals surface area contributed by atoms with Crippen LogP contribution in [0, 0.1) is 6.92 Å². The first-order valence-electron chi connectivity index (χ1n) is 6.12. The summed E-state index contributed by atoms with van der Waals surface area (Å²) in [5.74, 6) is -0.598. The maximum atomic E-state index is 12.0. The summed E-state index contributed by atoms with van der Waals surface area (Å²) in [6, 6.07) is 5.25. The molecule has 20 heavy (non-hydrogen) atoms. The van der Waals surface area contributed by atoms with E-state index in [1.165, 1.54) is 17.4 Å². The second kappa shape index (κ2) is 5.92. The molecule has 0 saturated carbocycles. The molecule has 1 unspecified atom stereocenters. The molecule has 0 aliphatic rings. The Balaban J connectivity index is 1.97. The number of carbonyl (C=O) groups is 2. The van der Waals surface area contributed by atoms with Gasteiger partial charge in [0.05, 0.1) is 12.5 Å². The van der Waals surface area contributed by atoms with E-state index < -0.39 is 5.97 Å². The summed E-state index contributed by atoms with van der Waals surface area (Å²) in [5.41, 5.74) is 0.126. The number of aryl methyl sites for hydroxylation is 1. The Morgan fingerprint density at radius 1 is 1.50 bits per heavy atom. The number of amides is 1. The Bertz CT molecular complexity index is 615. The van der Waals surface area contributed by atoms with Crippen LogP contribution in [0.1, 0.15) is 39.6 Å². The number of hydrogen-bond donors (Lipinski definition) is 2. The zero-order valence-corrected chi connectivity index (χ0v) is 12.0. The molecule has 0 aromatic carbocycles. The number of nitrogens with one attached hydrogen (secondary N) is 1. The van der Waals surface area contributed by atoms with Crippen molar-refractivity contribution >= 4 is 23.2 Å². The molecule has 6 heteroatoms. The summed E-state index contributed by atoms with van der Waals surface area (Å²) < 4.78 is 5.30. The minimum atomic E-state index is -1.03. The van der Waals surface area contributed by atoms with Crippen LogP contribution in [0.15, 0.2) is 28.0 Å². The molecule has 0 aliphatic carbocycles. The van der Waals surface area contributed by atoms with Crippen molar-refractivity contribution in [2.24, 2.45) is 0 Å². The monoisotopic (exact) mass is 293 g/mol. The Morgan fingerprint density at radius 3 is 2.80 bits per heavy atom. The minimum absolute atomic E-state index is 0.113. The molecule has 0 saturated heterocycles. The number of carbonyl (C=O) groups excluding carboxylic acids is 1. The molecular weight excluding hydrogens is 278 g/mol. The van der Waals surface area contributed by atoms with Crippen LogP contribution in [0.25, 0.3) is 0 Å². The van der Waals surface area contributed by atoms with Crippen LogP contribution < -0.4 is 5.32 Å². The number of aromatic carboxylic acids is 1. The van der Waals surface area contributed by atoms with Crippen molar-refractivity contribution in [3.05, 3.63) is 45.5 Å². The molecule has 1 amide bonds. The molecule has 2 N–H and O–H groups in total. The molecule has 0 aliphatic heterocycles. The van der Waals surface area contributed by atoms with E-state index in [2.05, 4.69) is 5.32 Å². The van der Waals surface area contributed by atoms with E-state index in [1.54, 1.807) is 6.92 Å². The molecule has 1 atom stereocenters. The highest BCUT2D eigenvalue weighted by Crippen LogP contribution is 2.21. The molecular formula is C14H15NO4S. The van der Waals surface area contributed by atoms with Crippen molar-refractivity contribution in [2.45, 2.75) is 26.3 Å². The van der Waals surface area contributed by atoms with E-state index in [0.717, 1.165) is 4.88 Å². The fourth-order valence-corrected chi connectivity index (χ4v) is 2.62. The first-order valence-corrected chi connectivity index (χ1v) is 7.00. The molecule has 2 rings (SSSR count). The largest absolute Gasteiger partial charge is 0.478 e. The molecule has 0 bridgehead atoms. The second-order valence-corrected chi connectivity index (χ2v) is 5.42. The number of rotatable bonds is 5.